The summed E-state index contributed by atoms with van der Waals surface area (Å²) in [7, 11) is 1.51. The maximum Gasteiger partial charge on any atom is 0.270 e. The van der Waals surface area contributed by atoms with E-state index in [1.165, 1.54) is 19.2 Å². The monoisotopic (exact) mass is 336 g/mol. The van der Waals surface area contributed by atoms with Gasteiger partial charge < -0.3 is 10.5 Å². The summed E-state index contributed by atoms with van der Waals surface area (Å²) in [6.07, 6.45) is 0. The Bertz CT molecular complexity index is 629. The molecule has 0 amide bonds. The molecule has 2 rings (SSSR count). The van der Waals surface area contributed by atoms with E-state index >= 15 is 0 Å². The zero-order chi connectivity index (χ0) is 14.7. The van der Waals surface area contributed by atoms with Crippen LogP contribution in [0.15, 0.2) is 46.9 Å². The van der Waals surface area contributed by atoms with Gasteiger partial charge in [-0.2, -0.15) is 0 Å². The first-order valence-corrected chi connectivity index (χ1v) is 6.65. The van der Waals surface area contributed by atoms with Gasteiger partial charge in [0.1, 0.15) is 5.75 Å². The van der Waals surface area contributed by atoms with Crippen molar-refractivity contribution in [3.05, 3.63) is 68.2 Å². The predicted molar refractivity (Wildman–Crippen MR) is 79.8 cm³/mol. The van der Waals surface area contributed by atoms with Gasteiger partial charge >= 0.3 is 0 Å². The highest BCUT2D eigenvalue weighted by Crippen LogP contribution is 2.32. The molecule has 2 N–H and O–H groups in total. The molecule has 0 aliphatic rings. The molecule has 0 aromatic heterocycles. The number of hydrogen-bond acceptors (Lipinski definition) is 4. The van der Waals surface area contributed by atoms with Crippen molar-refractivity contribution >= 4 is 21.6 Å². The predicted octanol–water partition coefficient (Wildman–Crippen LogP) is 3.41. The minimum Gasteiger partial charge on any atom is -0.496 e. The van der Waals surface area contributed by atoms with Crippen LogP contribution in [0.2, 0.25) is 0 Å². The van der Waals surface area contributed by atoms with Gasteiger partial charge in [0.05, 0.1) is 18.1 Å². The molecule has 0 bridgehead atoms. The van der Waals surface area contributed by atoms with Crippen LogP contribution in [0.25, 0.3) is 0 Å². The van der Waals surface area contributed by atoms with Crippen molar-refractivity contribution in [3.63, 3.8) is 0 Å². The lowest BCUT2D eigenvalue weighted by Gasteiger charge is -2.16. The molecule has 0 fully saturated rings. The van der Waals surface area contributed by atoms with Crippen LogP contribution in [-0.4, -0.2) is 12.0 Å². The van der Waals surface area contributed by atoms with E-state index in [0.717, 1.165) is 10.0 Å². The molecule has 6 heteroatoms. The second-order valence-electron chi connectivity index (χ2n) is 4.21. The quantitative estimate of drug-likeness (QED) is 0.685. The molecule has 1 atom stereocenters. The zero-order valence-electron chi connectivity index (χ0n) is 10.7. The third-order valence-electron chi connectivity index (χ3n) is 2.99. The highest BCUT2D eigenvalue weighted by molar-refractivity contribution is 9.10. The van der Waals surface area contributed by atoms with Crippen LogP contribution in [0.3, 0.4) is 0 Å². The van der Waals surface area contributed by atoms with E-state index in [2.05, 4.69) is 15.9 Å². The Morgan fingerprint density at radius 1 is 1.25 bits per heavy atom. The van der Waals surface area contributed by atoms with E-state index in [-0.39, 0.29) is 5.69 Å². The number of non-ortho nitro benzene ring substituents is 1. The fraction of sp³-hybridized carbons (Fsp3) is 0.143. The second kappa shape index (κ2) is 6.02. The molecule has 0 heterocycles. The van der Waals surface area contributed by atoms with E-state index in [1.54, 1.807) is 6.07 Å². The summed E-state index contributed by atoms with van der Waals surface area (Å²) in [5.74, 6) is 0.533. The summed E-state index contributed by atoms with van der Waals surface area (Å²) < 4.78 is 6.18. The number of nitrogens with two attached hydrogens (primary N) is 1. The number of methoxy groups -OCH3 is 1. The third-order valence-corrected chi connectivity index (χ3v) is 3.52. The molecule has 2 aromatic carbocycles. The lowest BCUT2D eigenvalue weighted by molar-refractivity contribution is -0.384. The van der Waals surface area contributed by atoms with Crippen molar-refractivity contribution in [3.8, 4) is 5.75 Å². The maximum atomic E-state index is 10.9. The Balaban J connectivity index is 2.46. The van der Waals surface area contributed by atoms with Crippen LogP contribution >= 0.6 is 15.9 Å². The van der Waals surface area contributed by atoms with Crippen LogP contribution in [0, 0.1) is 10.1 Å². The minimum atomic E-state index is -0.488. The SMILES string of the molecule is COc1ccc([N+](=O)[O-])cc1C(N)c1ccc(Br)cc1. The maximum absolute atomic E-state index is 10.9. The molecule has 5 nitrogen and oxygen atoms in total. The first kappa shape index (κ1) is 14.5. The Hall–Kier alpha value is -1.92. The molecule has 2 aromatic rings. The van der Waals surface area contributed by atoms with Crippen molar-refractivity contribution in [2.45, 2.75) is 6.04 Å². The fourth-order valence-corrected chi connectivity index (χ4v) is 2.19. The van der Waals surface area contributed by atoms with E-state index in [1.807, 2.05) is 24.3 Å². The van der Waals surface area contributed by atoms with E-state index in [9.17, 15) is 10.1 Å². The molecule has 0 aliphatic carbocycles. The zero-order valence-corrected chi connectivity index (χ0v) is 12.3. The largest absolute Gasteiger partial charge is 0.496 e. The van der Waals surface area contributed by atoms with Crippen molar-refractivity contribution in [2.75, 3.05) is 7.11 Å². The van der Waals surface area contributed by atoms with Gasteiger partial charge in [-0.3, -0.25) is 10.1 Å². The second-order valence-corrected chi connectivity index (χ2v) is 5.13. The molecule has 0 spiro atoms. The summed E-state index contributed by atoms with van der Waals surface area (Å²) in [5, 5.41) is 10.9. The summed E-state index contributed by atoms with van der Waals surface area (Å²) in [6, 6.07) is 11.4. The molecule has 20 heavy (non-hydrogen) atoms. The Kier molecular flexibility index (Phi) is 4.36. The van der Waals surface area contributed by atoms with Crippen molar-refractivity contribution in [2.24, 2.45) is 5.73 Å². The molecule has 0 saturated carbocycles. The van der Waals surface area contributed by atoms with E-state index < -0.39 is 11.0 Å². The van der Waals surface area contributed by atoms with Gasteiger partial charge in [0.15, 0.2) is 0 Å². The highest BCUT2D eigenvalue weighted by Gasteiger charge is 2.18. The smallest absolute Gasteiger partial charge is 0.270 e. The number of benzene rings is 2. The van der Waals surface area contributed by atoms with Crippen molar-refractivity contribution in [1.29, 1.82) is 0 Å². The Morgan fingerprint density at radius 3 is 2.45 bits per heavy atom. The lowest BCUT2D eigenvalue weighted by atomic mass is 9.98. The van der Waals surface area contributed by atoms with Gasteiger partial charge in [0, 0.05) is 22.2 Å². The minimum absolute atomic E-state index is 0.00615. The molecule has 104 valence electrons. The van der Waals surface area contributed by atoms with Gasteiger partial charge in [-0.1, -0.05) is 28.1 Å². The van der Waals surface area contributed by atoms with Crippen molar-refractivity contribution < 1.29 is 9.66 Å². The van der Waals surface area contributed by atoms with Gasteiger partial charge in [-0.05, 0) is 23.8 Å². The average Bonchev–Trinajstić information content (AvgIpc) is 2.46. The van der Waals surface area contributed by atoms with Crippen LogP contribution in [-0.2, 0) is 0 Å². The van der Waals surface area contributed by atoms with E-state index in [0.29, 0.717) is 11.3 Å². The fourth-order valence-electron chi connectivity index (χ4n) is 1.93. The van der Waals surface area contributed by atoms with Crippen molar-refractivity contribution in [1.82, 2.24) is 0 Å². The van der Waals surface area contributed by atoms with Crippen LogP contribution < -0.4 is 10.5 Å². The van der Waals surface area contributed by atoms with Gasteiger partial charge in [0.25, 0.3) is 5.69 Å². The Labute approximate surface area is 124 Å². The van der Waals surface area contributed by atoms with Crippen LogP contribution in [0.5, 0.6) is 5.75 Å². The Morgan fingerprint density at radius 2 is 1.90 bits per heavy atom. The molecule has 1 unspecified atom stereocenters. The lowest BCUT2D eigenvalue weighted by Crippen LogP contribution is -2.13. The normalized spacial score (nSPS) is 11.9. The molecule has 0 aliphatic heterocycles. The van der Waals surface area contributed by atoms with Crippen LogP contribution in [0.1, 0.15) is 17.2 Å². The number of rotatable bonds is 4. The van der Waals surface area contributed by atoms with Gasteiger partial charge in [0.2, 0.25) is 0 Å². The first-order valence-electron chi connectivity index (χ1n) is 5.86. The summed E-state index contributed by atoms with van der Waals surface area (Å²) in [6.45, 7) is 0. The number of nitrogens with zero attached hydrogens (tertiary/aromatic N) is 1. The highest BCUT2D eigenvalue weighted by atomic mass is 79.9. The standard InChI is InChI=1S/C14H13BrN2O3/c1-20-13-7-6-11(17(18)19)8-12(13)14(16)9-2-4-10(15)5-3-9/h2-8,14H,16H2,1H3. The van der Waals surface area contributed by atoms with Crippen LogP contribution in [0.4, 0.5) is 5.69 Å². The number of hydrogen-bond donors (Lipinski definition) is 1. The molecular formula is C14H13BrN2O3. The molecular weight excluding hydrogens is 324 g/mol. The van der Waals surface area contributed by atoms with Gasteiger partial charge in [-0.15, -0.1) is 0 Å². The number of halogens is 1. The molecule has 0 saturated heterocycles. The summed E-state index contributed by atoms with van der Waals surface area (Å²) in [4.78, 5) is 10.4. The molecule has 0 radical (unpaired) electrons. The first-order chi connectivity index (χ1) is 9.52. The summed E-state index contributed by atoms with van der Waals surface area (Å²) in [5.41, 5.74) is 7.63. The van der Waals surface area contributed by atoms with Gasteiger partial charge in [-0.25, -0.2) is 0 Å². The summed E-state index contributed by atoms with van der Waals surface area (Å²) >= 11 is 3.35. The average molecular weight is 337 g/mol. The topological polar surface area (TPSA) is 78.4 Å². The number of nitro benzene ring substituents is 1. The number of ether oxygens (including phenoxy) is 1. The third kappa shape index (κ3) is 2.97. The number of nitro groups is 1. The van der Waals surface area contributed by atoms with E-state index in [4.69, 9.17) is 10.5 Å².